The molecule has 2 fully saturated rings. The van der Waals surface area contributed by atoms with Gasteiger partial charge in [-0.2, -0.15) is 0 Å². The molecule has 0 saturated carbocycles. The minimum Gasteiger partial charge on any atom is -0.377 e. The van der Waals surface area contributed by atoms with Crippen LogP contribution in [0.4, 0.5) is 0 Å². The lowest BCUT2D eigenvalue weighted by Crippen LogP contribution is -2.34. The summed E-state index contributed by atoms with van der Waals surface area (Å²) in [4.78, 5) is 16.2. The van der Waals surface area contributed by atoms with Crippen molar-refractivity contribution in [3.63, 3.8) is 0 Å². The fraction of sp³-hybridized carbons (Fsp3) is 0.682. The van der Waals surface area contributed by atoms with E-state index in [1.165, 1.54) is 25.9 Å². The molecule has 2 saturated heterocycles. The monoisotopic (exact) mass is 390 g/mol. The van der Waals surface area contributed by atoms with E-state index in [1.54, 1.807) is 11.8 Å². The number of piperidine rings is 1. The van der Waals surface area contributed by atoms with E-state index in [0.717, 1.165) is 67.5 Å². The van der Waals surface area contributed by atoms with Crippen molar-refractivity contribution in [1.82, 2.24) is 10.2 Å². The second-order valence-electron chi connectivity index (χ2n) is 7.93. The first-order valence-electron chi connectivity index (χ1n) is 10.6. The summed E-state index contributed by atoms with van der Waals surface area (Å²) in [6.07, 6.45) is 7.49. The Bertz CT molecular complexity index is 581. The highest BCUT2D eigenvalue weighted by Crippen LogP contribution is 2.26. The van der Waals surface area contributed by atoms with Crippen LogP contribution in [0.25, 0.3) is 0 Å². The molecular weight excluding hydrogens is 356 g/mol. The van der Waals surface area contributed by atoms with E-state index in [9.17, 15) is 4.79 Å². The van der Waals surface area contributed by atoms with Gasteiger partial charge in [0.1, 0.15) is 0 Å². The number of hydrogen-bond acceptors (Lipinski definition) is 4. The van der Waals surface area contributed by atoms with E-state index in [0.29, 0.717) is 6.10 Å². The lowest BCUT2D eigenvalue weighted by Gasteiger charge is -2.30. The van der Waals surface area contributed by atoms with Gasteiger partial charge in [-0.25, -0.2) is 0 Å². The maximum Gasteiger partial charge on any atom is 0.252 e. The van der Waals surface area contributed by atoms with Gasteiger partial charge < -0.3 is 15.0 Å². The summed E-state index contributed by atoms with van der Waals surface area (Å²) >= 11 is 1.74. The Balaban J connectivity index is 1.36. The fourth-order valence-electron chi connectivity index (χ4n) is 3.78. The number of rotatable bonds is 9. The van der Waals surface area contributed by atoms with Crippen LogP contribution in [-0.2, 0) is 4.74 Å². The summed E-state index contributed by atoms with van der Waals surface area (Å²) in [6.45, 7) is 7.63. The molecule has 5 heteroatoms. The summed E-state index contributed by atoms with van der Waals surface area (Å²) in [5.41, 5.74) is 0.797. The second-order valence-corrected chi connectivity index (χ2v) is 8.99. The molecule has 27 heavy (non-hydrogen) atoms. The molecule has 1 unspecified atom stereocenters. The van der Waals surface area contributed by atoms with Crippen molar-refractivity contribution < 1.29 is 9.53 Å². The largest absolute Gasteiger partial charge is 0.377 e. The number of nitrogens with one attached hydrogen (secondary N) is 1. The van der Waals surface area contributed by atoms with Crippen LogP contribution in [0.5, 0.6) is 0 Å². The van der Waals surface area contributed by atoms with Crippen LogP contribution in [0, 0.1) is 5.92 Å². The molecule has 0 radical (unpaired) electrons. The molecule has 1 N–H and O–H groups in total. The van der Waals surface area contributed by atoms with E-state index in [1.807, 2.05) is 24.3 Å². The lowest BCUT2D eigenvalue weighted by molar-refractivity contribution is 0.0949. The van der Waals surface area contributed by atoms with E-state index < -0.39 is 0 Å². The molecule has 1 aromatic rings. The highest BCUT2D eigenvalue weighted by atomic mass is 32.2. The van der Waals surface area contributed by atoms with Crippen LogP contribution in [0.15, 0.2) is 29.2 Å². The minimum atomic E-state index is 0.0530. The van der Waals surface area contributed by atoms with Crippen molar-refractivity contribution in [2.75, 3.05) is 38.5 Å². The Morgan fingerprint density at radius 3 is 2.81 bits per heavy atom. The molecule has 2 heterocycles. The van der Waals surface area contributed by atoms with Crippen LogP contribution in [0.2, 0.25) is 0 Å². The summed E-state index contributed by atoms with van der Waals surface area (Å²) in [7, 11) is 0. The molecule has 4 nitrogen and oxygen atoms in total. The molecule has 0 spiro atoms. The average Bonchev–Trinajstić information content (AvgIpc) is 3.21. The maximum atomic E-state index is 12.6. The second kappa shape index (κ2) is 11.1. The topological polar surface area (TPSA) is 41.6 Å². The number of carbonyl (C=O) groups is 1. The normalized spacial score (nSPS) is 21.4. The number of carbonyl (C=O) groups excluding carboxylic acids is 1. The van der Waals surface area contributed by atoms with Crippen LogP contribution in [0.3, 0.4) is 0 Å². The number of amides is 1. The zero-order valence-corrected chi connectivity index (χ0v) is 17.4. The number of benzene rings is 1. The summed E-state index contributed by atoms with van der Waals surface area (Å²) in [5, 5.41) is 3.11. The molecule has 0 aliphatic carbocycles. The number of unbranched alkanes of at least 4 members (excludes halogenated alkanes) is 1. The van der Waals surface area contributed by atoms with Gasteiger partial charge in [-0.15, -0.1) is 11.8 Å². The van der Waals surface area contributed by atoms with Gasteiger partial charge in [-0.3, -0.25) is 4.79 Å². The third-order valence-electron chi connectivity index (χ3n) is 5.64. The average molecular weight is 391 g/mol. The zero-order chi connectivity index (χ0) is 18.9. The van der Waals surface area contributed by atoms with Gasteiger partial charge in [0.05, 0.1) is 11.7 Å². The summed E-state index contributed by atoms with van der Waals surface area (Å²) in [6, 6.07) is 7.93. The predicted molar refractivity (Wildman–Crippen MR) is 113 cm³/mol. The Kier molecular flexibility index (Phi) is 8.49. The lowest BCUT2D eigenvalue weighted by atomic mass is 9.99. The van der Waals surface area contributed by atoms with Gasteiger partial charge in [0, 0.05) is 23.8 Å². The molecule has 2 aliphatic rings. The van der Waals surface area contributed by atoms with Gasteiger partial charge in [-0.05, 0) is 76.2 Å². The molecule has 0 aromatic heterocycles. The van der Waals surface area contributed by atoms with E-state index in [2.05, 4.69) is 17.1 Å². The number of thioether (sulfide) groups is 1. The van der Waals surface area contributed by atoms with Gasteiger partial charge in [0.15, 0.2) is 0 Å². The van der Waals surface area contributed by atoms with Crippen molar-refractivity contribution in [1.29, 1.82) is 0 Å². The molecule has 1 atom stereocenters. The fourth-order valence-corrected chi connectivity index (χ4v) is 4.90. The zero-order valence-electron chi connectivity index (χ0n) is 16.6. The van der Waals surface area contributed by atoms with E-state index in [4.69, 9.17) is 4.74 Å². The number of hydrogen-bond donors (Lipinski definition) is 1. The van der Waals surface area contributed by atoms with Crippen molar-refractivity contribution in [2.24, 2.45) is 5.92 Å². The molecule has 150 valence electrons. The van der Waals surface area contributed by atoms with Crippen molar-refractivity contribution in [3.05, 3.63) is 29.8 Å². The Labute approximate surface area is 168 Å². The van der Waals surface area contributed by atoms with Crippen molar-refractivity contribution in [3.8, 4) is 0 Å². The maximum absolute atomic E-state index is 12.6. The molecule has 1 amide bonds. The SMILES string of the molecule is CC1CCN(CCCCNC(=O)c2ccccc2SCC2CCCO2)CC1. The van der Waals surface area contributed by atoms with Crippen molar-refractivity contribution >= 4 is 17.7 Å². The Morgan fingerprint density at radius 2 is 2.04 bits per heavy atom. The summed E-state index contributed by atoms with van der Waals surface area (Å²) in [5.74, 6) is 1.87. The van der Waals surface area contributed by atoms with Crippen molar-refractivity contribution in [2.45, 2.75) is 56.4 Å². The van der Waals surface area contributed by atoms with Gasteiger partial charge in [-0.1, -0.05) is 19.1 Å². The highest BCUT2D eigenvalue weighted by molar-refractivity contribution is 7.99. The number of nitrogens with zero attached hydrogens (tertiary/aromatic N) is 1. The van der Waals surface area contributed by atoms with Gasteiger partial charge in [0.2, 0.25) is 0 Å². The molecular formula is C22H34N2O2S. The molecule has 3 rings (SSSR count). The first kappa shape index (κ1) is 20.7. The number of ether oxygens (including phenoxy) is 1. The standard InChI is InChI=1S/C22H34N2O2S/c1-18-10-14-24(15-11-18)13-5-4-12-23-22(25)20-8-2-3-9-21(20)27-17-19-7-6-16-26-19/h2-3,8-9,18-19H,4-7,10-17H2,1H3,(H,23,25). The van der Waals surface area contributed by atoms with E-state index in [-0.39, 0.29) is 5.91 Å². The molecule has 1 aromatic carbocycles. The third-order valence-corrected chi connectivity index (χ3v) is 6.85. The Hall–Kier alpha value is -1.04. The van der Waals surface area contributed by atoms with E-state index >= 15 is 0 Å². The minimum absolute atomic E-state index is 0.0530. The third kappa shape index (κ3) is 6.81. The van der Waals surface area contributed by atoms with Crippen LogP contribution < -0.4 is 5.32 Å². The van der Waals surface area contributed by atoms with Crippen LogP contribution >= 0.6 is 11.8 Å². The first-order chi connectivity index (χ1) is 13.2. The quantitative estimate of drug-likeness (QED) is 0.507. The number of likely N-dealkylation sites (tertiary alicyclic amines) is 1. The molecule has 2 aliphatic heterocycles. The molecule has 0 bridgehead atoms. The van der Waals surface area contributed by atoms with Gasteiger partial charge >= 0.3 is 0 Å². The summed E-state index contributed by atoms with van der Waals surface area (Å²) < 4.78 is 5.70. The predicted octanol–water partition coefficient (Wildman–Crippen LogP) is 4.20. The van der Waals surface area contributed by atoms with Crippen LogP contribution in [0.1, 0.15) is 55.8 Å². The van der Waals surface area contributed by atoms with Crippen LogP contribution in [-0.4, -0.2) is 55.4 Å². The van der Waals surface area contributed by atoms with Gasteiger partial charge in [0.25, 0.3) is 5.91 Å². The smallest absolute Gasteiger partial charge is 0.252 e. The first-order valence-corrected chi connectivity index (χ1v) is 11.5. The Morgan fingerprint density at radius 1 is 1.22 bits per heavy atom. The highest BCUT2D eigenvalue weighted by Gasteiger charge is 2.18.